The van der Waals surface area contributed by atoms with Gasteiger partial charge in [0.05, 0.1) is 0 Å². The molecule has 0 spiro atoms. The Morgan fingerprint density at radius 2 is 1.62 bits per heavy atom. The Bertz CT molecular complexity index is 1630. The highest BCUT2D eigenvalue weighted by Gasteiger charge is 2.37. The number of nitrogens with two attached hydrogens (primary N) is 1. The Labute approximate surface area is 252 Å². The summed E-state index contributed by atoms with van der Waals surface area (Å²) in [6.07, 6.45) is 5.79. The van der Waals surface area contributed by atoms with Crippen LogP contribution in [0.2, 0.25) is 5.02 Å². The molecule has 0 unspecified atom stereocenters. The van der Waals surface area contributed by atoms with E-state index in [4.69, 9.17) is 28.9 Å². The summed E-state index contributed by atoms with van der Waals surface area (Å²) in [5.41, 5.74) is 9.06. The number of hydrogen-bond acceptors (Lipinski definition) is 4. The fourth-order valence-corrected chi connectivity index (χ4v) is 5.91. The van der Waals surface area contributed by atoms with Crippen LogP contribution in [0.15, 0.2) is 54.9 Å². The Balaban J connectivity index is 1.35. The van der Waals surface area contributed by atoms with E-state index >= 15 is 0 Å². The molecule has 0 saturated carbocycles. The van der Waals surface area contributed by atoms with Crippen LogP contribution in [0.3, 0.4) is 0 Å². The third-order valence-corrected chi connectivity index (χ3v) is 8.23. The molecule has 220 valence electrons. The van der Waals surface area contributed by atoms with E-state index in [-0.39, 0.29) is 18.7 Å². The summed E-state index contributed by atoms with van der Waals surface area (Å²) >= 11 is 11.9. The minimum absolute atomic E-state index is 0.179. The lowest BCUT2D eigenvalue weighted by Crippen LogP contribution is -2.60. The van der Waals surface area contributed by atoms with Crippen molar-refractivity contribution in [3.63, 3.8) is 0 Å². The molecule has 4 amide bonds. The Morgan fingerprint density at radius 3 is 2.36 bits per heavy atom. The van der Waals surface area contributed by atoms with E-state index < -0.39 is 41.8 Å². The van der Waals surface area contributed by atoms with Gasteiger partial charge in [-0.05, 0) is 48.6 Å². The number of nitrogens with one attached hydrogen (secondary N) is 4. The first-order valence-corrected chi connectivity index (χ1v) is 14.7. The summed E-state index contributed by atoms with van der Waals surface area (Å²) in [6, 6.07) is 10.3. The molecule has 2 aromatic heterocycles. The van der Waals surface area contributed by atoms with Crippen molar-refractivity contribution < 1.29 is 19.2 Å². The van der Waals surface area contributed by atoms with Crippen LogP contribution in [-0.2, 0) is 32.0 Å². The number of primary amides is 1. The summed E-state index contributed by atoms with van der Waals surface area (Å²) in [5, 5.41) is 7.90. The van der Waals surface area contributed by atoms with E-state index in [1.54, 1.807) is 24.5 Å². The number of amides is 4. The van der Waals surface area contributed by atoms with Crippen molar-refractivity contribution in [1.82, 2.24) is 25.5 Å². The highest BCUT2D eigenvalue weighted by Crippen LogP contribution is 2.25. The molecule has 3 atom stereocenters. The monoisotopic (exact) mass is 610 g/mol. The first-order valence-electron chi connectivity index (χ1n) is 13.8. The number of rotatable bonds is 10. The van der Waals surface area contributed by atoms with Crippen LogP contribution in [0.5, 0.6) is 0 Å². The summed E-state index contributed by atoms with van der Waals surface area (Å²) in [7, 11) is 0. The number of fused-ring (bicyclic) bond motifs is 2. The highest BCUT2D eigenvalue weighted by molar-refractivity contribution is 6.31. The quantitative estimate of drug-likeness (QED) is 0.175. The maximum atomic E-state index is 14.0. The van der Waals surface area contributed by atoms with E-state index in [1.165, 1.54) is 4.90 Å². The Morgan fingerprint density at radius 1 is 0.929 bits per heavy atom. The smallest absolute Gasteiger partial charge is 0.246 e. The van der Waals surface area contributed by atoms with Gasteiger partial charge in [0.1, 0.15) is 24.0 Å². The van der Waals surface area contributed by atoms with Gasteiger partial charge in [-0.3, -0.25) is 19.2 Å². The van der Waals surface area contributed by atoms with Gasteiger partial charge in [0.25, 0.3) is 0 Å². The number of aromatic nitrogens is 2. The second kappa shape index (κ2) is 12.9. The molecule has 1 saturated heterocycles. The second-order valence-electron chi connectivity index (χ2n) is 10.5. The lowest BCUT2D eigenvalue weighted by Gasteiger charge is -2.37. The predicted molar refractivity (Wildman–Crippen MR) is 162 cm³/mol. The van der Waals surface area contributed by atoms with Crippen molar-refractivity contribution in [1.29, 1.82) is 0 Å². The molecule has 0 radical (unpaired) electrons. The van der Waals surface area contributed by atoms with E-state index in [0.29, 0.717) is 24.4 Å². The number of alkyl halides is 1. The molecule has 2 aromatic carbocycles. The molecule has 0 bridgehead atoms. The van der Waals surface area contributed by atoms with Crippen LogP contribution in [0.4, 0.5) is 0 Å². The van der Waals surface area contributed by atoms with Crippen LogP contribution in [0.25, 0.3) is 21.8 Å². The molecule has 1 fully saturated rings. The number of nitrogens with zero attached hydrogens (tertiary/aromatic N) is 1. The molecule has 6 N–H and O–H groups in total. The summed E-state index contributed by atoms with van der Waals surface area (Å²) in [4.78, 5) is 60.1. The van der Waals surface area contributed by atoms with Gasteiger partial charge in [0.2, 0.25) is 23.6 Å². The first kappa shape index (κ1) is 29.5. The van der Waals surface area contributed by atoms with Crippen molar-refractivity contribution in [2.45, 2.75) is 50.2 Å². The maximum Gasteiger partial charge on any atom is 0.246 e. The second-order valence-corrected chi connectivity index (χ2v) is 11.2. The van der Waals surface area contributed by atoms with Crippen LogP contribution >= 0.6 is 23.2 Å². The number of hydrogen-bond donors (Lipinski definition) is 5. The minimum Gasteiger partial charge on any atom is -0.368 e. The number of para-hydroxylation sites is 1. The maximum absolute atomic E-state index is 14.0. The molecule has 5 rings (SSSR count). The standard InChI is InChI=1S/C30H32Cl2N6O4/c31-14-27(39)36-25(12-18-16-35-23-13-19(32)8-9-21(18)23)30(42)38-10-4-3-7-26(38)29(41)37-24(28(33)40)11-17-15-34-22-6-2-1-5-20(17)22/h1-2,5-6,8-9,13,15-16,24-26,34-35H,3-4,7,10-12,14H2,(H2,33,40)(H,36,39)(H,37,41)/t24-,25-,26-/m0/s1. The van der Waals surface area contributed by atoms with Crippen LogP contribution in [-0.4, -0.2) is 69.0 Å². The van der Waals surface area contributed by atoms with Gasteiger partial charge < -0.3 is 31.2 Å². The van der Waals surface area contributed by atoms with Gasteiger partial charge in [-0.15, -0.1) is 11.6 Å². The number of likely N-dealkylation sites (tertiary alicyclic amines) is 1. The molecule has 4 aromatic rings. The summed E-state index contributed by atoms with van der Waals surface area (Å²) in [6.45, 7) is 0.331. The van der Waals surface area contributed by atoms with Gasteiger partial charge in [-0.2, -0.15) is 0 Å². The molecule has 1 aliphatic heterocycles. The van der Waals surface area contributed by atoms with Crippen molar-refractivity contribution in [2.24, 2.45) is 5.73 Å². The van der Waals surface area contributed by atoms with Crippen molar-refractivity contribution in [2.75, 3.05) is 12.4 Å². The third kappa shape index (κ3) is 6.39. The zero-order valence-corrected chi connectivity index (χ0v) is 24.3. The molecule has 42 heavy (non-hydrogen) atoms. The average Bonchev–Trinajstić information content (AvgIpc) is 3.59. The molecular weight excluding hydrogens is 579 g/mol. The fourth-order valence-electron chi connectivity index (χ4n) is 5.66. The predicted octanol–water partition coefficient (Wildman–Crippen LogP) is 3.16. The van der Waals surface area contributed by atoms with Crippen LogP contribution < -0.4 is 16.4 Å². The number of piperidine rings is 1. The highest BCUT2D eigenvalue weighted by atomic mass is 35.5. The minimum atomic E-state index is -0.972. The van der Waals surface area contributed by atoms with Gasteiger partial charge in [-0.1, -0.05) is 35.9 Å². The van der Waals surface area contributed by atoms with E-state index in [2.05, 4.69) is 20.6 Å². The van der Waals surface area contributed by atoms with Crippen molar-refractivity contribution in [3.05, 3.63) is 71.0 Å². The summed E-state index contributed by atoms with van der Waals surface area (Å²) in [5.74, 6) is -2.34. The molecule has 3 heterocycles. The van der Waals surface area contributed by atoms with Crippen LogP contribution in [0, 0.1) is 0 Å². The van der Waals surface area contributed by atoms with Crippen molar-refractivity contribution >= 4 is 68.6 Å². The lowest BCUT2D eigenvalue weighted by molar-refractivity contribution is -0.145. The lowest BCUT2D eigenvalue weighted by atomic mass is 9.97. The van der Waals surface area contributed by atoms with E-state index in [0.717, 1.165) is 39.4 Å². The van der Waals surface area contributed by atoms with Crippen LogP contribution in [0.1, 0.15) is 30.4 Å². The van der Waals surface area contributed by atoms with Gasteiger partial charge >= 0.3 is 0 Å². The van der Waals surface area contributed by atoms with E-state index in [9.17, 15) is 19.2 Å². The molecule has 10 nitrogen and oxygen atoms in total. The zero-order valence-electron chi connectivity index (χ0n) is 22.8. The first-order chi connectivity index (χ1) is 20.2. The number of carbonyl (C=O) groups is 4. The fraction of sp³-hybridized carbons (Fsp3) is 0.333. The van der Waals surface area contributed by atoms with Gasteiger partial charge in [-0.25, -0.2) is 0 Å². The molecule has 0 aliphatic carbocycles. The van der Waals surface area contributed by atoms with Gasteiger partial charge in [0.15, 0.2) is 0 Å². The number of aromatic amines is 2. The van der Waals surface area contributed by atoms with Gasteiger partial charge in [0, 0.05) is 58.6 Å². The Hall–Kier alpha value is -4.02. The number of carbonyl (C=O) groups excluding carboxylic acids is 4. The summed E-state index contributed by atoms with van der Waals surface area (Å²) < 4.78 is 0. The molecule has 1 aliphatic rings. The average molecular weight is 612 g/mol. The van der Waals surface area contributed by atoms with Crippen molar-refractivity contribution in [3.8, 4) is 0 Å². The normalized spacial score (nSPS) is 16.7. The Kier molecular flexibility index (Phi) is 9.03. The van der Waals surface area contributed by atoms with E-state index in [1.807, 2.05) is 30.3 Å². The topological polar surface area (TPSA) is 153 Å². The largest absolute Gasteiger partial charge is 0.368 e. The number of benzene rings is 2. The third-order valence-electron chi connectivity index (χ3n) is 7.76. The molecular formula is C30H32Cl2N6O4. The SMILES string of the molecule is NC(=O)[C@H](Cc1c[nH]c2ccccc12)NC(=O)[C@@H]1CCCCN1C(=O)[C@H](Cc1c[nH]c2cc(Cl)ccc12)NC(=O)CCl. The number of H-pyrrole nitrogens is 2. The molecule has 12 heteroatoms. The number of halogens is 2. The zero-order chi connectivity index (χ0) is 29.8.